The molecule has 0 unspecified atom stereocenters. The maximum atomic E-state index is 12.6. The van der Waals surface area contributed by atoms with E-state index in [4.69, 9.17) is 4.74 Å². The Balaban J connectivity index is 2.22. The normalized spacial score (nSPS) is 12.2. The van der Waals surface area contributed by atoms with Crippen LogP contribution in [-0.2, 0) is 33.9 Å². The molecule has 1 aromatic carbocycles. The monoisotopic (exact) mass is 405 g/mol. The zero-order valence-corrected chi connectivity index (χ0v) is 15.4. The van der Waals surface area contributed by atoms with Crippen molar-refractivity contribution in [2.45, 2.75) is 38.0 Å². The van der Waals surface area contributed by atoms with Crippen molar-refractivity contribution < 1.29 is 31.1 Å². The molecule has 1 aromatic heterocycles. The molecule has 0 aliphatic rings. The first-order chi connectivity index (χ1) is 12.6. The molecule has 0 spiro atoms. The fourth-order valence-corrected chi connectivity index (χ4v) is 3.42. The number of carbonyl (C=O) groups excluding carboxylic acids is 1. The van der Waals surface area contributed by atoms with Gasteiger partial charge >= 0.3 is 12.1 Å². The van der Waals surface area contributed by atoms with Crippen molar-refractivity contribution in [3.63, 3.8) is 0 Å². The van der Waals surface area contributed by atoms with Gasteiger partial charge in [-0.05, 0) is 31.0 Å². The number of H-pyrrole nitrogens is 1. The number of hydrogen-bond acceptors (Lipinski definition) is 5. The van der Waals surface area contributed by atoms with Gasteiger partial charge < -0.3 is 4.74 Å². The Bertz CT molecular complexity index is 906. The molecule has 1 heterocycles. The zero-order valence-electron chi connectivity index (χ0n) is 14.6. The number of carbonyl (C=O) groups is 1. The van der Waals surface area contributed by atoms with Gasteiger partial charge in [-0.25, -0.2) is 17.9 Å². The Labute approximate surface area is 154 Å². The van der Waals surface area contributed by atoms with E-state index >= 15 is 0 Å². The van der Waals surface area contributed by atoms with Gasteiger partial charge in [-0.3, -0.25) is 5.10 Å². The van der Waals surface area contributed by atoms with Crippen molar-refractivity contribution >= 4 is 16.0 Å². The summed E-state index contributed by atoms with van der Waals surface area (Å²) in [6.45, 7) is 3.09. The van der Waals surface area contributed by atoms with E-state index < -0.39 is 32.8 Å². The number of benzene rings is 1. The number of aryl methyl sites for hydroxylation is 1. The highest BCUT2D eigenvalue weighted by Crippen LogP contribution is 2.29. The van der Waals surface area contributed by atoms with Crippen LogP contribution in [0.4, 0.5) is 13.2 Å². The lowest BCUT2D eigenvalue weighted by Gasteiger charge is -2.09. The van der Waals surface area contributed by atoms with Gasteiger partial charge in [-0.15, -0.1) is 0 Å². The summed E-state index contributed by atoms with van der Waals surface area (Å²) in [4.78, 5) is 12.1. The van der Waals surface area contributed by atoms with Crippen molar-refractivity contribution in [2.75, 3.05) is 6.61 Å². The molecule has 0 amide bonds. The molecule has 0 aliphatic heterocycles. The lowest BCUT2D eigenvalue weighted by molar-refractivity contribution is -0.137. The van der Waals surface area contributed by atoms with Gasteiger partial charge in [0.1, 0.15) is 5.56 Å². The highest BCUT2D eigenvalue weighted by atomic mass is 32.2. The van der Waals surface area contributed by atoms with Crippen LogP contribution < -0.4 is 4.72 Å². The number of aromatic amines is 1. The number of hydrogen-bond donors (Lipinski definition) is 2. The van der Waals surface area contributed by atoms with Gasteiger partial charge in [0.05, 0.1) is 17.9 Å². The maximum Gasteiger partial charge on any atom is 0.416 e. The molecule has 2 N–H and O–H groups in total. The summed E-state index contributed by atoms with van der Waals surface area (Å²) in [6.07, 6.45) is -4.15. The molecule has 7 nitrogen and oxygen atoms in total. The van der Waals surface area contributed by atoms with Crippen LogP contribution in [0.5, 0.6) is 0 Å². The van der Waals surface area contributed by atoms with Crippen LogP contribution >= 0.6 is 0 Å². The molecule has 2 aromatic rings. The van der Waals surface area contributed by atoms with E-state index in [1.165, 1.54) is 12.1 Å². The molecular formula is C16H18F3N3O4S. The maximum absolute atomic E-state index is 12.6. The first-order valence-electron chi connectivity index (χ1n) is 8.00. The molecule has 0 saturated carbocycles. The lowest BCUT2D eigenvalue weighted by Crippen LogP contribution is -2.26. The smallest absolute Gasteiger partial charge is 0.416 e. The summed E-state index contributed by atoms with van der Waals surface area (Å²) >= 11 is 0. The van der Waals surface area contributed by atoms with E-state index in [0.29, 0.717) is 17.7 Å². The summed E-state index contributed by atoms with van der Waals surface area (Å²) < 4.78 is 69.8. The summed E-state index contributed by atoms with van der Waals surface area (Å²) in [5, 5.41) is 5.68. The fraction of sp³-hybridized carbons (Fsp3) is 0.375. The van der Waals surface area contributed by atoms with Crippen molar-refractivity contribution in [2.24, 2.45) is 0 Å². The van der Waals surface area contributed by atoms with Crippen molar-refractivity contribution in [1.29, 1.82) is 0 Å². The van der Waals surface area contributed by atoms with Crippen LogP contribution in [0.2, 0.25) is 0 Å². The molecule has 2 rings (SSSR count). The predicted octanol–water partition coefficient (Wildman–Crippen LogP) is 2.65. The number of nitrogens with zero attached hydrogens (tertiary/aromatic N) is 1. The number of nitrogens with one attached hydrogen (secondary N) is 2. The lowest BCUT2D eigenvalue weighted by atomic mass is 10.1. The van der Waals surface area contributed by atoms with Crippen LogP contribution in [0.1, 0.15) is 41.0 Å². The number of halogens is 3. The second kappa shape index (κ2) is 8.09. The minimum Gasteiger partial charge on any atom is -0.462 e. The Kier molecular flexibility index (Phi) is 6.26. The number of rotatable bonds is 7. The van der Waals surface area contributed by atoms with E-state index in [0.717, 1.165) is 12.1 Å². The molecule has 0 radical (unpaired) electrons. The summed E-state index contributed by atoms with van der Waals surface area (Å²) in [7, 11) is -4.20. The molecule has 0 bridgehead atoms. The summed E-state index contributed by atoms with van der Waals surface area (Å²) in [6, 6.07) is 4.05. The Morgan fingerprint density at radius 1 is 1.22 bits per heavy atom. The molecule has 27 heavy (non-hydrogen) atoms. The average Bonchev–Trinajstić information content (AvgIpc) is 3.05. The van der Waals surface area contributed by atoms with Gasteiger partial charge in [-0.2, -0.15) is 18.3 Å². The molecule has 0 aliphatic carbocycles. The van der Waals surface area contributed by atoms with E-state index in [9.17, 15) is 26.4 Å². The quantitative estimate of drug-likeness (QED) is 0.690. The first kappa shape index (κ1) is 20.9. The second-order valence-electron chi connectivity index (χ2n) is 5.48. The Morgan fingerprint density at radius 3 is 2.37 bits per heavy atom. The molecule has 11 heteroatoms. The minimum atomic E-state index is -4.47. The predicted molar refractivity (Wildman–Crippen MR) is 89.4 cm³/mol. The summed E-state index contributed by atoms with van der Waals surface area (Å²) in [5.74, 6) is -0.821. The van der Waals surface area contributed by atoms with E-state index in [1.807, 2.05) is 0 Å². The standard InChI is InChI=1S/C16H18F3N3O4S/c1-3-12-13(15(23)26-4-2)14(22-21-12)27(24,25)20-9-10-5-7-11(8-6-10)16(17,18)19/h5-8,20H,3-4,9H2,1-2H3,(H,21,22). The average molecular weight is 405 g/mol. The largest absolute Gasteiger partial charge is 0.462 e. The van der Waals surface area contributed by atoms with Crippen molar-refractivity contribution in [1.82, 2.24) is 14.9 Å². The molecule has 0 fully saturated rings. The van der Waals surface area contributed by atoms with Crippen LogP contribution in [0.25, 0.3) is 0 Å². The third-order valence-electron chi connectivity index (χ3n) is 3.64. The number of sulfonamides is 1. The summed E-state index contributed by atoms with van der Waals surface area (Å²) in [5.41, 5.74) is -0.392. The highest BCUT2D eigenvalue weighted by molar-refractivity contribution is 7.89. The van der Waals surface area contributed by atoms with Crippen molar-refractivity contribution in [3.8, 4) is 0 Å². The van der Waals surface area contributed by atoms with Crippen LogP contribution in [0.3, 0.4) is 0 Å². The van der Waals surface area contributed by atoms with E-state index in [2.05, 4.69) is 14.9 Å². The van der Waals surface area contributed by atoms with E-state index in [1.54, 1.807) is 13.8 Å². The van der Waals surface area contributed by atoms with Crippen LogP contribution in [-0.4, -0.2) is 31.2 Å². The van der Waals surface area contributed by atoms with Gasteiger partial charge in [0.15, 0.2) is 0 Å². The number of ether oxygens (including phenoxy) is 1. The Hall–Kier alpha value is -2.40. The molecule has 0 saturated heterocycles. The minimum absolute atomic E-state index is 0.0611. The second-order valence-corrected chi connectivity index (χ2v) is 7.16. The Morgan fingerprint density at radius 2 is 1.85 bits per heavy atom. The SMILES string of the molecule is CCOC(=O)c1c(S(=O)(=O)NCc2ccc(C(F)(F)F)cc2)n[nH]c1CC. The van der Waals surface area contributed by atoms with Gasteiger partial charge in [0.2, 0.25) is 5.03 Å². The highest BCUT2D eigenvalue weighted by Gasteiger charge is 2.31. The fourth-order valence-electron chi connectivity index (χ4n) is 2.28. The first-order valence-corrected chi connectivity index (χ1v) is 9.48. The van der Waals surface area contributed by atoms with Gasteiger partial charge in [0, 0.05) is 6.54 Å². The number of aromatic nitrogens is 2. The van der Waals surface area contributed by atoms with E-state index in [-0.39, 0.29) is 18.7 Å². The molecule has 0 atom stereocenters. The number of alkyl halides is 3. The van der Waals surface area contributed by atoms with Crippen LogP contribution in [0.15, 0.2) is 29.3 Å². The number of esters is 1. The third kappa shape index (κ3) is 4.86. The third-order valence-corrected chi connectivity index (χ3v) is 4.97. The van der Waals surface area contributed by atoms with Crippen molar-refractivity contribution in [3.05, 3.63) is 46.6 Å². The van der Waals surface area contributed by atoms with Crippen LogP contribution in [0, 0.1) is 0 Å². The zero-order chi connectivity index (χ0) is 20.2. The van der Waals surface area contributed by atoms with Gasteiger partial charge in [0.25, 0.3) is 10.0 Å². The van der Waals surface area contributed by atoms with Gasteiger partial charge in [-0.1, -0.05) is 19.1 Å². The molecule has 148 valence electrons. The molecular weight excluding hydrogens is 387 g/mol. The topological polar surface area (TPSA) is 101 Å².